The van der Waals surface area contributed by atoms with Gasteiger partial charge in [-0.2, -0.15) is 0 Å². The van der Waals surface area contributed by atoms with Crippen LogP contribution in [0.4, 0.5) is 0 Å². The van der Waals surface area contributed by atoms with Gasteiger partial charge < -0.3 is 14.2 Å². The molecule has 9 heteroatoms. The molecule has 3 aromatic rings. The molecule has 0 aliphatic heterocycles. The van der Waals surface area contributed by atoms with Crippen molar-refractivity contribution in [1.29, 1.82) is 0 Å². The molecule has 0 unspecified atom stereocenters. The van der Waals surface area contributed by atoms with Gasteiger partial charge in [0.05, 0.1) is 37.9 Å². The highest BCUT2D eigenvalue weighted by molar-refractivity contribution is 7.89. The Hall–Kier alpha value is -3.17. The fourth-order valence-electron chi connectivity index (χ4n) is 2.61. The highest BCUT2D eigenvalue weighted by Crippen LogP contribution is 2.20. The molecule has 0 amide bonds. The molecule has 1 aromatic heterocycles. The molecular weight excluding hydrogens is 406 g/mol. The van der Waals surface area contributed by atoms with Crippen molar-refractivity contribution in [3.05, 3.63) is 66.6 Å². The molecule has 0 bridgehead atoms. The summed E-state index contributed by atoms with van der Waals surface area (Å²) in [5.41, 5.74) is 2.15. The van der Waals surface area contributed by atoms with Crippen LogP contribution in [0.3, 0.4) is 0 Å². The Balaban J connectivity index is 1.53. The van der Waals surface area contributed by atoms with Crippen molar-refractivity contribution in [2.45, 2.75) is 6.54 Å². The number of hydrogen-bond donors (Lipinski definition) is 1. The summed E-state index contributed by atoms with van der Waals surface area (Å²) in [5, 5.41) is 0. The van der Waals surface area contributed by atoms with Gasteiger partial charge in [0.2, 0.25) is 10.0 Å². The summed E-state index contributed by atoms with van der Waals surface area (Å²) in [5.74, 6) is 1.86. The van der Waals surface area contributed by atoms with E-state index in [0.717, 1.165) is 11.3 Å². The van der Waals surface area contributed by atoms with E-state index in [-0.39, 0.29) is 18.9 Å². The SMILES string of the molecule is COc1ccc(OCCS(=O)(=O)NCc2cc(-c3ccc(OC)cc3)ncn2)cc1. The van der Waals surface area contributed by atoms with Crippen LogP contribution in [-0.4, -0.2) is 45.0 Å². The summed E-state index contributed by atoms with van der Waals surface area (Å²) in [6, 6.07) is 16.1. The molecule has 0 radical (unpaired) electrons. The van der Waals surface area contributed by atoms with Crippen LogP contribution >= 0.6 is 0 Å². The minimum Gasteiger partial charge on any atom is -0.497 e. The van der Waals surface area contributed by atoms with Crippen LogP contribution in [0.1, 0.15) is 5.69 Å². The maximum atomic E-state index is 12.3. The van der Waals surface area contributed by atoms with Crippen molar-refractivity contribution in [1.82, 2.24) is 14.7 Å². The second-order valence-corrected chi connectivity index (χ2v) is 8.21. The van der Waals surface area contributed by atoms with E-state index in [0.29, 0.717) is 22.9 Å². The van der Waals surface area contributed by atoms with E-state index >= 15 is 0 Å². The molecular formula is C21H23N3O5S. The third kappa shape index (κ3) is 6.16. The minimum absolute atomic E-state index is 0.0303. The van der Waals surface area contributed by atoms with Gasteiger partial charge in [-0.3, -0.25) is 0 Å². The molecule has 8 nitrogen and oxygen atoms in total. The zero-order valence-electron chi connectivity index (χ0n) is 16.7. The number of sulfonamides is 1. The molecule has 0 spiro atoms. The average Bonchev–Trinajstić information content (AvgIpc) is 2.78. The van der Waals surface area contributed by atoms with Crippen molar-refractivity contribution in [2.75, 3.05) is 26.6 Å². The van der Waals surface area contributed by atoms with Gasteiger partial charge in [0.1, 0.15) is 30.2 Å². The smallest absolute Gasteiger partial charge is 0.215 e. The Kier molecular flexibility index (Phi) is 7.21. The van der Waals surface area contributed by atoms with E-state index in [1.807, 2.05) is 24.3 Å². The van der Waals surface area contributed by atoms with Gasteiger partial charge in [-0.05, 0) is 54.6 Å². The van der Waals surface area contributed by atoms with E-state index < -0.39 is 10.0 Å². The molecule has 3 rings (SSSR count). The Bertz CT molecular complexity index is 1050. The second-order valence-electron chi connectivity index (χ2n) is 6.29. The third-order valence-corrected chi connectivity index (χ3v) is 5.55. The second kappa shape index (κ2) is 10.0. The lowest BCUT2D eigenvalue weighted by Gasteiger charge is -2.09. The lowest BCUT2D eigenvalue weighted by molar-refractivity contribution is 0.339. The fourth-order valence-corrected chi connectivity index (χ4v) is 3.43. The number of hydrogen-bond acceptors (Lipinski definition) is 7. The molecule has 0 saturated carbocycles. The van der Waals surface area contributed by atoms with Gasteiger partial charge in [0.25, 0.3) is 0 Å². The number of nitrogens with zero attached hydrogens (tertiary/aromatic N) is 2. The van der Waals surface area contributed by atoms with Crippen LogP contribution in [-0.2, 0) is 16.6 Å². The van der Waals surface area contributed by atoms with E-state index in [4.69, 9.17) is 14.2 Å². The largest absolute Gasteiger partial charge is 0.497 e. The Morgan fingerprint density at radius 2 is 1.47 bits per heavy atom. The molecule has 1 heterocycles. The lowest BCUT2D eigenvalue weighted by atomic mass is 10.1. The maximum absolute atomic E-state index is 12.3. The van der Waals surface area contributed by atoms with Crippen LogP contribution in [0.15, 0.2) is 60.9 Å². The van der Waals surface area contributed by atoms with Crippen molar-refractivity contribution in [2.24, 2.45) is 0 Å². The lowest BCUT2D eigenvalue weighted by Crippen LogP contribution is -2.29. The first-order chi connectivity index (χ1) is 14.5. The fraction of sp³-hybridized carbons (Fsp3) is 0.238. The monoisotopic (exact) mass is 429 g/mol. The van der Waals surface area contributed by atoms with Crippen LogP contribution in [0, 0.1) is 0 Å². The number of rotatable bonds is 10. The molecule has 1 N–H and O–H groups in total. The highest BCUT2D eigenvalue weighted by Gasteiger charge is 2.12. The van der Waals surface area contributed by atoms with E-state index in [9.17, 15) is 8.42 Å². The topological polar surface area (TPSA) is 99.6 Å². The van der Waals surface area contributed by atoms with E-state index in [1.54, 1.807) is 44.6 Å². The van der Waals surface area contributed by atoms with Crippen LogP contribution in [0.25, 0.3) is 11.3 Å². The maximum Gasteiger partial charge on any atom is 0.215 e. The number of nitrogens with one attached hydrogen (secondary N) is 1. The zero-order chi connectivity index (χ0) is 21.4. The predicted molar refractivity (Wildman–Crippen MR) is 113 cm³/mol. The first-order valence-electron chi connectivity index (χ1n) is 9.18. The molecule has 158 valence electrons. The molecule has 0 fully saturated rings. The summed E-state index contributed by atoms with van der Waals surface area (Å²) in [6.07, 6.45) is 1.41. The average molecular weight is 429 g/mol. The Labute approximate surface area is 175 Å². The first-order valence-corrected chi connectivity index (χ1v) is 10.8. The number of methoxy groups -OCH3 is 2. The molecule has 0 aliphatic rings. The first kappa shape index (κ1) is 21.5. The summed E-state index contributed by atoms with van der Waals surface area (Å²) in [6.45, 7) is 0.0963. The van der Waals surface area contributed by atoms with Crippen molar-refractivity contribution >= 4 is 10.0 Å². The number of benzene rings is 2. The van der Waals surface area contributed by atoms with Crippen molar-refractivity contribution in [3.63, 3.8) is 0 Å². The van der Waals surface area contributed by atoms with Gasteiger partial charge in [0.15, 0.2) is 0 Å². The normalized spacial score (nSPS) is 11.1. The van der Waals surface area contributed by atoms with Crippen LogP contribution in [0.2, 0.25) is 0 Å². The van der Waals surface area contributed by atoms with Gasteiger partial charge in [0, 0.05) is 5.56 Å². The van der Waals surface area contributed by atoms with Crippen molar-refractivity contribution in [3.8, 4) is 28.5 Å². The Morgan fingerprint density at radius 1 is 0.867 bits per heavy atom. The number of ether oxygens (including phenoxy) is 3. The van der Waals surface area contributed by atoms with E-state index in [1.165, 1.54) is 6.33 Å². The molecule has 30 heavy (non-hydrogen) atoms. The summed E-state index contributed by atoms with van der Waals surface area (Å²) in [4.78, 5) is 8.39. The molecule has 2 aromatic carbocycles. The standard InChI is InChI=1S/C21H23N3O5S/c1-27-18-5-3-16(4-6-18)21-13-17(22-15-23-21)14-24-30(25,26)12-11-29-20-9-7-19(28-2)8-10-20/h3-10,13,15,24H,11-12,14H2,1-2H3. The minimum atomic E-state index is -3.53. The predicted octanol–water partition coefficient (Wildman–Crippen LogP) is 2.66. The van der Waals surface area contributed by atoms with Crippen molar-refractivity contribution < 1.29 is 22.6 Å². The van der Waals surface area contributed by atoms with E-state index in [2.05, 4.69) is 14.7 Å². The molecule has 0 saturated heterocycles. The van der Waals surface area contributed by atoms with Crippen LogP contribution < -0.4 is 18.9 Å². The zero-order valence-corrected chi connectivity index (χ0v) is 17.6. The van der Waals surface area contributed by atoms with Gasteiger partial charge in [-0.15, -0.1) is 0 Å². The quantitative estimate of drug-likeness (QED) is 0.529. The summed E-state index contributed by atoms with van der Waals surface area (Å²) in [7, 11) is -0.348. The summed E-state index contributed by atoms with van der Waals surface area (Å²) < 4.78 is 42.7. The Morgan fingerprint density at radius 3 is 2.10 bits per heavy atom. The molecule has 0 atom stereocenters. The third-order valence-electron chi connectivity index (χ3n) is 4.26. The van der Waals surface area contributed by atoms with Gasteiger partial charge in [-0.25, -0.2) is 23.1 Å². The van der Waals surface area contributed by atoms with Gasteiger partial charge >= 0.3 is 0 Å². The molecule has 0 aliphatic carbocycles. The van der Waals surface area contributed by atoms with Crippen LogP contribution in [0.5, 0.6) is 17.2 Å². The number of aromatic nitrogens is 2. The van der Waals surface area contributed by atoms with Gasteiger partial charge in [-0.1, -0.05) is 0 Å². The highest BCUT2D eigenvalue weighted by atomic mass is 32.2. The summed E-state index contributed by atoms with van der Waals surface area (Å²) >= 11 is 0.